The van der Waals surface area contributed by atoms with Crippen LogP contribution in [0, 0.1) is 10.1 Å². The summed E-state index contributed by atoms with van der Waals surface area (Å²) in [6, 6.07) is 10.2. The van der Waals surface area contributed by atoms with Crippen LogP contribution in [0.1, 0.15) is 52.6 Å². The number of ketones is 2. The number of hydrogen-bond acceptors (Lipinski definition) is 8. The van der Waals surface area contributed by atoms with Crippen LogP contribution in [-0.4, -0.2) is 46.4 Å². The Morgan fingerprint density at radius 3 is 2.50 bits per heavy atom. The predicted octanol–water partition coefficient (Wildman–Crippen LogP) is 3.17. The number of esters is 1. The topological polar surface area (TPSA) is 124 Å². The molecule has 2 heterocycles. The summed E-state index contributed by atoms with van der Waals surface area (Å²) < 4.78 is 5.10. The zero-order valence-electron chi connectivity index (χ0n) is 17.6. The van der Waals surface area contributed by atoms with Crippen molar-refractivity contribution in [3.05, 3.63) is 96.2 Å². The fraction of sp³-hybridized carbons (Fsp3) is 0.167. The van der Waals surface area contributed by atoms with Crippen molar-refractivity contribution in [2.24, 2.45) is 0 Å². The number of hydrogen-bond donors (Lipinski definition) is 0. The van der Waals surface area contributed by atoms with Crippen LogP contribution in [0.15, 0.2) is 47.8 Å². The first kappa shape index (κ1) is 21.7. The van der Waals surface area contributed by atoms with E-state index in [1.807, 2.05) is 11.4 Å². The van der Waals surface area contributed by atoms with Gasteiger partial charge < -0.3 is 9.64 Å². The van der Waals surface area contributed by atoms with Gasteiger partial charge in [-0.2, -0.15) is 0 Å². The number of rotatable bonds is 4. The average Bonchev–Trinajstić information content (AvgIpc) is 3.32. The van der Waals surface area contributed by atoms with E-state index in [0.717, 1.165) is 11.6 Å². The van der Waals surface area contributed by atoms with E-state index < -0.39 is 51.8 Å². The first-order valence-electron chi connectivity index (χ1n) is 10.4. The fourth-order valence-electron chi connectivity index (χ4n) is 4.28. The molecule has 1 amide bonds. The first-order chi connectivity index (χ1) is 16.4. The van der Waals surface area contributed by atoms with E-state index in [-0.39, 0.29) is 16.7 Å². The van der Waals surface area contributed by atoms with Crippen molar-refractivity contribution in [1.82, 2.24) is 4.90 Å². The lowest BCUT2D eigenvalue weighted by Gasteiger charge is -2.26. The van der Waals surface area contributed by atoms with Crippen molar-refractivity contribution in [3.8, 4) is 0 Å². The van der Waals surface area contributed by atoms with Crippen LogP contribution in [0.2, 0.25) is 0 Å². The van der Waals surface area contributed by atoms with Gasteiger partial charge >= 0.3 is 5.97 Å². The van der Waals surface area contributed by atoms with Crippen LogP contribution in [0.5, 0.6) is 0 Å². The molecule has 2 aliphatic rings. The van der Waals surface area contributed by atoms with Gasteiger partial charge in [-0.3, -0.25) is 24.5 Å². The summed E-state index contributed by atoms with van der Waals surface area (Å²) in [6.45, 7) is 0.297. The number of benzene rings is 2. The molecule has 34 heavy (non-hydrogen) atoms. The van der Waals surface area contributed by atoms with Gasteiger partial charge in [0.25, 0.3) is 11.6 Å². The maximum atomic E-state index is 13.0. The summed E-state index contributed by atoms with van der Waals surface area (Å²) in [6.07, 6.45) is 0.709. The van der Waals surface area contributed by atoms with Crippen molar-refractivity contribution in [2.45, 2.75) is 13.0 Å². The molecule has 2 aromatic carbocycles. The highest BCUT2D eigenvalue weighted by Gasteiger charge is 2.39. The third-order valence-corrected chi connectivity index (χ3v) is 6.98. The van der Waals surface area contributed by atoms with Crippen LogP contribution < -0.4 is 0 Å². The molecule has 0 fully saturated rings. The Kier molecular flexibility index (Phi) is 5.29. The third kappa shape index (κ3) is 3.48. The highest BCUT2D eigenvalue weighted by molar-refractivity contribution is 7.10. The zero-order valence-corrected chi connectivity index (χ0v) is 18.4. The molecular formula is C24H16N2O7S. The Balaban J connectivity index is 1.40. The molecule has 0 saturated heterocycles. The van der Waals surface area contributed by atoms with Crippen molar-refractivity contribution in [2.75, 3.05) is 13.2 Å². The zero-order chi connectivity index (χ0) is 24.0. The number of thiophene rings is 1. The van der Waals surface area contributed by atoms with Gasteiger partial charge in [-0.25, -0.2) is 4.79 Å². The highest BCUT2D eigenvalue weighted by Crippen LogP contribution is 2.35. The monoisotopic (exact) mass is 476 g/mol. The second-order valence-corrected chi connectivity index (χ2v) is 8.86. The highest BCUT2D eigenvalue weighted by atomic mass is 32.1. The molecule has 0 N–H and O–H groups in total. The van der Waals surface area contributed by atoms with Crippen molar-refractivity contribution >= 4 is 40.5 Å². The summed E-state index contributed by atoms with van der Waals surface area (Å²) in [5.74, 6) is -2.80. The van der Waals surface area contributed by atoms with E-state index in [1.165, 1.54) is 23.1 Å². The van der Waals surface area contributed by atoms with Crippen LogP contribution in [0.3, 0.4) is 0 Å². The lowest BCUT2D eigenvalue weighted by atomic mass is 9.82. The van der Waals surface area contributed by atoms with E-state index in [9.17, 15) is 29.3 Å². The van der Waals surface area contributed by atoms with E-state index in [4.69, 9.17) is 4.74 Å². The van der Waals surface area contributed by atoms with Gasteiger partial charge in [0.1, 0.15) is 11.1 Å². The van der Waals surface area contributed by atoms with Crippen LogP contribution in [0.4, 0.5) is 5.69 Å². The molecule has 1 aliphatic heterocycles. The van der Waals surface area contributed by atoms with E-state index in [0.29, 0.717) is 19.5 Å². The Bertz CT molecular complexity index is 1410. The number of ether oxygens (including phenoxy) is 1. The molecule has 0 atom stereocenters. The average molecular weight is 476 g/mol. The van der Waals surface area contributed by atoms with Gasteiger partial charge in [0, 0.05) is 34.7 Å². The summed E-state index contributed by atoms with van der Waals surface area (Å²) in [7, 11) is 0. The standard InChI is InChI=1S/C24H16N2O7S/c27-19(25-9-7-18-13(11-25)8-10-34-18)12-33-24(30)17-6-5-16-20(21(17)26(31)32)23(29)15-4-2-1-3-14(15)22(16)28/h1-6,8,10H,7,9,11-12H2. The van der Waals surface area contributed by atoms with Gasteiger partial charge in [-0.05, 0) is 35.6 Å². The molecule has 3 aromatic rings. The van der Waals surface area contributed by atoms with Crippen molar-refractivity contribution in [3.63, 3.8) is 0 Å². The van der Waals surface area contributed by atoms with E-state index >= 15 is 0 Å². The molecule has 5 rings (SSSR count). The summed E-state index contributed by atoms with van der Waals surface area (Å²) >= 11 is 1.63. The van der Waals surface area contributed by atoms with Gasteiger partial charge in [0.15, 0.2) is 12.4 Å². The molecule has 0 radical (unpaired) electrons. The number of nitro benzene ring substituents is 1. The third-order valence-electron chi connectivity index (χ3n) is 5.96. The lowest BCUT2D eigenvalue weighted by Crippen LogP contribution is -2.38. The normalized spacial score (nSPS) is 14.2. The molecule has 0 saturated carbocycles. The number of nitrogens with zero attached hydrogens (tertiary/aromatic N) is 2. The Hall–Kier alpha value is -4.18. The summed E-state index contributed by atoms with van der Waals surface area (Å²) in [4.78, 5) is 65.0. The molecule has 0 unspecified atom stereocenters. The largest absolute Gasteiger partial charge is 0.452 e. The summed E-state index contributed by atoms with van der Waals surface area (Å²) in [5.41, 5.74) is -0.671. The lowest BCUT2D eigenvalue weighted by molar-refractivity contribution is -0.385. The molecule has 0 bridgehead atoms. The molecule has 1 aliphatic carbocycles. The van der Waals surface area contributed by atoms with Crippen molar-refractivity contribution in [1.29, 1.82) is 0 Å². The maximum Gasteiger partial charge on any atom is 0.345 e. The first-order valence-corrected chi connectivity index (χ1v) is 11.2. The molecular weight excluding hydrogens is 460 g/mol. The molecule has 9 nitrogen and oxygen atoms in total. The number of fused-ring (bicyclic) bond motifs is 3. The van der Waals surface area contributed by atoms with Gasteiger partial charge in [-0.1, -0.05) is 24.3 Å². The predicted molar refractivity (Wildman–Crippen MR) is 120 cm³/mol. The minimum atomic E-state index is -1.12. The second-order valence-electron chi connectivity index (χ2n) is 7.86. The quantitative estimate of drug-likeness (QED) is 0.252. The maximum absolute atomic E-state index is 13.0. The van der Waals surface area contributed by atoms with Crippen LogP contribution in [-0.2, 0) is 22.5 Å². The number of carbonyl (C=O) groups excluding carboxylic acids is 4. The SMILES string of the molecule is O=C1c2ccccc2C(=O)c2c1ccc(C(=O)OCC(=O)N1CCc3sccc3C1)c2[N+](=O)[O-]. The summed E-state index contributed by atoms with van der Waals surface area (Å²) in [5, 5.41) is 13.9. The van der Waals surface area contributed by atoms with Gasteiger partial charge in [-0.15, -0.1) is 11.3 Å². The minimum Gasteiger partial charge on any atom is -0.452 e. The van der Waals surface area contributed by atoms with Crippen LogP contribution >= 0.6 is 11.3 Å². The Morgan fingerprint density at radius 2 is 1.76 bits per heavy atom. The number of carbonyl (C=O) groups is 4. The minimum absolute atomic E-state index is 0.0293. The van der Waals surface area contributed by atoms with Crippen LogP contribution in [0.25, 0.3) is 0 Å². The number of amides is 1. The van der Waals surface area contributed by atoms with E-state index in [2.05, 4.69) is 0 Å². The second kappa shape index (κ2) is 8.31. The number of nitro groups is 1. The fourth-order valence-corrected chi connectivity index (χ4v) is 5.17. The molecule has 1 aromatic heterocycles. The van der Waals surface area contributed by atoms with Crippen molar-refractivity contribution < 1.29 is 28.8 Å². The van der Waals surface area contributed by atoms with Gasteiger partial charge in [0.05, 0.1) is 4.92 Å². The molecule has 10 heteroatoms. The Labute approximate surface area is 196 Å². The Morgan fingerprint density at radius 1 is 1.03 bits per heavy atom. The van der Waals surface area contributed by atoms with E-state index in [1.54, 1.807) is 28.4 Å². The molecule has 0 spiro atoms. The smallest absolute Gasteiger partial charge is 0.345 e. The van der Waals surface area contributed by atoms with Gasteiger partial charge in [0.2, 0.25) is 5.78 Å². The molecule has 170 valence electrons.